The van der Waals surface area contributed by atoms with E-state index in [1.807, 2.05) is 0 Å². The molecule has 21 heteroatoms. The molecule has 0 heterocycles. The van der Waals surface area contributed by atoms with Crippen LogP contribution in [0.25, 0.3) is 0 Å². The van der Waals surface area contributed by atoms with E-state index < -0.39 is 86.2 Å². The number of rotatable bonds is 14. The SMILES string of the molecule is CN(CCC(F)(F)C(F)(F)C(F)(F)C(F)(F)C(F)F)CCC(F)(F)C(F)(F)C(F)(F)C(F)(F)C(F)F. The molecule has 0 radical (unpaired) electrons. The van der Waals surface area contributed by atoms with Crippen molar-refractivity contribution in [2.45, 2.75) is 73.1 Å². The third kappa shape index (κ3) is 5.53. The van der Waals surface area contributed by atoms with Gasteiger partial charge in [-0.1, -0.05) is 0 Å². The standard InChI is InChI=1S/C15H13F20N/c1-36(4-2-8(20,21)12(28,29)14(32,33)10(24,25)6(16)17)5-3-9(22,23)13(30,31)15(34,35)11(26,27)7(18)19/h6-7H,2-5H2,1H3. The zero-order valence-corrected chi connectivity index (χ0v) is 17.0. The maximum Gasteiger partial charge on any atom is 0.384 e. The molecule has 218 valence electrons. The van der Waals surface area contributed by atoms with Crippen LogP contribution in [0.15, 0.2) is 0 Å². The molecule has 0 aromatic rings. The molecular formula is C15H13F20N. The van der Waals surface area contributed by atoms with Crippen LogP contribution in [0.1, 0.15) is 12.8 Å². The van der Waals surface area contributed by atoms with E-state index >= 15 is 0 Å². The molecular weight excluding hydrogens is 574 g/mol. The van der Waals surface area contributed by atoms with Crippen molar-refractivity contribution in [2.75, 3.05) is 20.1 Å². The summed E-state index contributed by atoms with van der Waals surface area (Å²) in [6.45, 7) is -3.74. The minimum Gasteiger partial charge on any atom is -0.306 e. The lowest BCUT2D eigenvalue weighted by Gasteiger charge is -2.37. The molecule has 0 amide bonds. The molecule has 0 aromatic heterocycles. The van der Waals surface area contributed by atoms with Gasteiger partial charge in [-0.3, -0.25) is 0 Å². The third-order valence-electron chi connectivity index (χ3n) is 4.71. The summed E-state index contributed by atoms with van der Waals surface area (Å²) in [5, 5.41) is 0. The first-order valence-corrected chi connectivity index (χ1v) is 8.76. The number of hydrogen-bond donors (Lipinski definition) is 0. The van der Waals surface area contributed by atoms with Gasteiger partial charge < -0.3 is 4.90 Å². The van der Waals surface area contributed by atoms with Crippen LogP contribution in [0.3, 0.4) is 0 Å². The fraction of sp³-hybridized carbons (Fsp3) is 1.00. The minimum absolute atomic E-state index is 0.180. The van der Waals surface area contributed by atoms with E-state index in [-0.39, 0.29) is 11.9 Å². The van der Waals surface area contributed by atoms with Crippen LogP contribution in [0, 0.1) is 0 Å². The molecule has 0 aliphatic heterocycles. The van der Waals surface area contributed by atoms with Gasteiger partial charge in [-0.25, -0.2) is 17.6 Å². The molecule has 1 nitrogen and oxygen atoms in total. The number of nitrogens with zero attached hydrogens (tertiary/aromatic N) is 1. The molecule has 0 saturated carbocycles. The van der Waals surface area contributed by atoms with Crippen LogP contribution >= 0.6 is 0 Å². The summed E-state index contributed by atoms with van der Waals surface area (Å²) in [5.41, 5.74) is 0. The van der Waals surface area contributed by atoms with Crippen molar-refractivity contribution in [1.82, 2.24) is 4.90 Å². The van der Waals surface area contributed by atoms with Gasteiger partial charge in [-0.15, -0.1) is 0 Å². The third-order valence-corrected chi connectivity index (χ3v) is 4.71. The molecule has 0 fully saturated rings. The van der Waals surface area contributed by atoms with E-state index in [2.05, 4.69) is 0 Å². The smallest absolute Gasteiger partial charge is 0.306 e. The van der Waals surface area contributed by atoms with Gasteiger partial charge >= 0.3 is 60.2 Å². The summed E-state index contributed by atoms with van der Waals surface area (Å²) >= 11 is 0. The molecule has 0 saturated heterocycles. The lowest BCUT2D eigenvalue weighted by atomic mass is 9.95. The molecule has 0 bridgehead atoms. The first-order chi connectivity index (χ1) is 15.5. The van der Waals surface area contributed by atoms with Crippen molar-refractivity contribution in [3.05, 3.63) is 0 Å². The molecule has 0 atom stereocenters. The maximum atomic E-state index is 13.5. The van der Waals surface area contributed by atoms with Gasteiger partial charge in [0.1, 0.15) is 0 Å². The highest BCUT2D eigenvalue weighted by Crippen LogP contribution is 2.56. The Hall–Kier alpha value is -1.44. The Bertz CT molecular complexity index is 669. The highest BCUT2D eigenvalue weighted by atomic mass is 19.4. The van der Waals surface area contributed by atoms with E-state index in [1.54, 1.807) is 0 Å². The Balaban J connectivity index is 5.55. The maximum absolute atomic E-state index is 13.5. The van der Waals surface area contributed by atoms with Crippen molar-refractivity contribution >= 4 is 0 Å². The predicted octanol–water partition coefficient (Wildman–Crippen LogP) is 7.31. The van der Waals surface area contributed by atoms with Crippen LogP contribution in [0.5, 0.6) is 0 Å². The predicted molar refractivity (Wildman–Crippen MR) is 78.3 cm³/mol. The van der Waals surface area contributed by atoms with Crippen molar-refractivity contribution in [3.8, 4) is 0 Å². The summed E-state index contributed by atoms with van der Waals surface area (Å²) < 4.78 is 259. The molecule has 0 aromatic carbocycles. The molecule has 0 rings (SSSR count). The van der Waals surface area contributed by atoms with Gasteiger partial charge in [-0.2, -0.15) is 70.2 Å². The summed E-state index contributed by atoms with van der Waals surface area (Å²) in [5.74, 6) is -55.7. The number of halogens is 20. The average Bonchev–Trinajstić information content (AvgIpc) is 2.69. The second-order valence-corrected chi connectivity index (χ2v) is 7.36. The quantitative estimate of drug-likeness (QED) is 0.193. The second-order valence-electron chi connectivity index (χ2n) is 7.36. The lowest BCUT2D eigenvalue weighted by molar-refractivity contribution is -0.385. The van der Waals surface area contributed by atoms with Crippen molar-refractivity contribution in [3.63, 3.8) is 0 Å². The largest absolute Gasteiger partial charge is 0.384 e. The molecule has 0 unspecified atom stereocenters. The highest BCUT2D eigenvalue weighted by Gasteiger charge is 2.83. The first kappa shape index (κ1) is 34.6. The normalized spacial score (nSPS) is 16.0. The summed E-state index contributed by atoms with van der Waals surface area (Å²) in [7, 11) is 0.278. The summed E-state index contributed by atoms with van der Waals surface area (Å²) in [6, 6.07) is 0. The fourth-order valence-corrected chi connectivity index (χ4v) is 2.24. The Morgan fingerprint density at radius 3 is 0.861 bits per heavy atom. The van der Waals surface area contributed by atoms with E-state index in [4.69, 9.17) is 0 Å². The van der Waals surface area contributed by atoms with Crippen LogP contribution in [0.4, 0.5) is 87.8 Å². The zero-order valence-electron chi connectivity index (χ0n) is 17.0. The summed E-state index contributed by atoms with van der Waals surface area (Å²) in [4.78, 5) is -0.180. The topological polar surface area (TPSA) is 3.24 Å². The Morgan fingerprint density at radius 1 is 0.444 bits per heavy atom. The van der Waals surface area contributed by atoms with Gasteiger partial charge in [0.25, 0.3) is 0 Å². The molecule has 0 N–H and O–H groups in total. The molecule has 0 aliphatic rings. The van der Waals surface area contributed by atoms with Crippen LogP contribution in [-0.2, 0) is 0 Å². The Morgan fingerprint density at radius 2 is 0.667 bits per heavy atom. The van der Waals surface area contributed by atoms with Gasteiger partial charge in [0.15, 0.2) is 0 Å². The number of alkyl halides is 20. The Labute approximate surface area is 187 Å². The van der Waals surface area contributed by atoms with Crippen molar-refractivity contribution < 1.29 is 87.8 Å². The van der Waals surface area contributed by atoms with Gasteiger partial charge in [0, 0.05) is 25.9 Å². The van der Waals surface area contributed by atoms with E-state index in [0.29, 0.717) is 0 Å². The lowest BCUT2D eigenvalue weighted by Crippen LogP contribution is -2.64. The van der Waals surface area contributed by atoms with Gasteiger partial charge in [0.05, 0.1) is 0 Å². The first-order valence-electron chi connectivity index (χ1n) is 8.76. The average molecular weight is 587 g/mol. The zero-order chi connectivity index (χ0) is 29.6. The van der Waals surface area contributed by atoms with Crippen molar-refractivity contribution in [1.29, 1.82) is 0 Å². The van der Waals surface area contributed by atoms with E-state index in [9.17, 15) is 87.8 Å². The molecule has 0 spiro atoms. The Kier molecular flexibility index (Phi) is 9.63. The van der Waals surface area contributed by atoms with Gasteiger partial charge in [-0.05, 0) is 7.05 Å². The van der Waals surface area contributed by atoms with Gasteiger partial charge in [0.2, 0.25) is 0 Å². The number of hydrogen-bond acceptors (Lipinski definition) is 1. The highest BCUT2D eigenvalue weighted by molar-refractivity contribution is 5.06. The molecule has 0 aliphatic carbocycles. The molecule has 36 heavy (non-hydrogen) atoms. The van der Waals surface area contributed by atoms with Crippen LogP contribution in [0.2, 0.25) is 0 Å². The minimum atomic E-state index is -7.38. The second kappa shape index (κ2) is 10.0. The van der Waals surface area contributed by atoms with Crippen molar-refractivity contribution in [2.24, 2.45) is 0 Å². The fourth-order valence-electron chi connectivity index (χ4n) is 2.24. The monoisotopic (exact) mass is 587 g/mol. The van der Waals surface area contributed by atoms with Crippen LogP contribution < -0.4 is 0 Å². The van der Waals surface area contributed by atoms with Crippen LogP contribution in [-0.4, -0.2) is 85.3 Å². The van der Waals surface area contributed by atoms with E-state index in [1.165, 1.54) is 0 Å². The van der Waals surface area contributed by atoms with E-state index in [0.717, 1.165) is 0 Å². The summed E-state index contributed by atoms with van der Waals surface area (Å²) in [6.07, 6.45) is -16.5.